The number of hydrogen-bond acceptors (Lipinski definition) is 4. The minimum atomic E-state index is -3.71. The number of rotatable bonds is 5. The lowest BCUT2D eigenvalue weighted by molar-refractivity contribution is -0.126. The van der Waals surface area contributed by atoms with Crippen molar-refractivity contribution in [3.8, 4) is 0 Å². The molecule has 4 rings (SSSR count). The van der Waals surface area contributed by atoms with Gasteiger partial charge in [-0.05, 0) is 42.7 Å². The van der Waals surface area contributed by atoms with E-state index in [1.165, 1.54) is 10.4 Å². The molecular formula is C22H22ClN3O3S. The number of halogens is 1. The van der Waals surface area contributed by atoms with Crippen LogP contribution < -0.4 is 5.32 Å². The lowest BCUT2D eigenvalue weighted by atomic mass is 9.97. The van der Waals surface area contributed by atoms with E-state index in [9.17, 15) is 13.2 Å². The molecule has 1 saturated heterocycles. The van der Waals surface area contributed by atoms with Gasteiger partial charge in [-0.15, -0.1) is 0 Å². The van der Waals surface area contributed by atoms with Gasteiger partial charge < -0.3 is 5.32 Å². The van der Waals surface area contributed by atoms with Gasteiger partial charge in [0.15, 0.2) is 0 Å². The third-order valence-electron chi connectivity index (χ3n) is 5.43. The third-order valence-corrected chi connectivity index (χ3v) is 7.69. The molecule has 6 nitrogen and oxygen atoms in total. The molecule has 1 N–H and O–H groups in total. The average molecular weight is 444 g/mol. The molecule has 0 atom stereocenters. The molecule has 0 radical (unpaired) electrons. The van der Waals surface area contributed by atoms with Crippen LogP contribution in [0.3, 0.4) is 0 Å². The summed E-state index contributed by atoms with van der Waals surface area (Å²) in [6.07, 6.45) is 2.57. The summed E-state index contributed by atoms with van der Waals surface area (Å²) in [4.78, 5) is 16.9. The summed E-state index contributed by atoms with van der Waals surface area (Å²) in [5, 5.41) is 3.88. The van der Waals surface area contributed by atoms with Crippen LogP contribution in [0.5, 0.6) is 0 Å². The second-order valence-corrected chi connectivity index (χ2v) is 9.64. The van der Waals surface area contributed by atoms with Crippen molar-refractivity contribution < 1.29 is 13.2 Å². The molecule has 0 bridgehead atoms. The van der Waals surface area contributed by atoms with Crippen LogP contribution in [0.25, 0.3) is 10.9 Å². The van der Waals surface area contributed by atoms with Crippen molar-refractivity contribution >= 4 is 38.4 Å². The first-order valence-electron chi connectivity index (χ1n) is 9.82. The van der Waals surface area contributed by atoms with Gasteiger partial charge in [0.25, 0.3) is 0 Å². The van der Waals surface area contributed by atoms with Crippen molar-refractivity contribution in [1.82, 2.24) is 14.6 Å². The van der Waals surface area contributed by atoms with Crippen LogP contribution in [-0.2, 0) is 21.4 Å². The van der Waals surface area contributed by atoms with E-state index in [4.69, 9.17) is 11.6 Å². The molecule has 0 saturated carbocycles. The normalized spacial score (nSPS) is 15.9. The van der Waals surface area contributed by atoms with Crippen LogP contribution in [-0.4, -0.2) is 36.7 Å². The van der Waals surface area contributed by atoms with Crippen molar-refractivity contribution in [3.63, 3.8) is 0 Å². The number of fused-ring (bicyclic) bond motifs is 1. The van der Waals surface area contributed by atoms with Crippen LogP contribution in [0.2, 0.25) is 5.02 Å². The van der Waals surface area contributed by atoms with Crippen LogP contribution in [0.1, 0.15) is 18.4 Å². The Bertz CT molecular complexity index is 1160. The highest BCUT2D eigenvalue weighted by molar-refractivity contribution is 7.89. The highest BCUT2D eigenvalue weighted by Gasteiger charge is 2.33. The molecule has 2 heterocycles. The second-order valence-electron chi connectivity index (χ2n) is 7.33. The molecule has 1 aliphatic rings. The van der Waals surface area contributed by atoms with Gasteiger partial charge in [-0.3, -0.25) is 9.78 Å². The summed E-state index contributed by atoms with van der Waals surface area (Å²) in [7, 11) is -3.71. The molecule has 1 aliphatic heterocycles. The lowest BCUT2D eigenvalue weighted by Crippen LogP contribution is -2.42. The quantitative estimate of drug-likeness (QED) is 0.653. The van der Waals surface area contributed by atoms with Crippen LogP contribution in [0.15, 0.2) is 65.7 Å². The molecule has 2 aromatic carbocycles. The minimum Gasteiger partial charge on any atom is -0.352 e. The first-order chi connectivity index (χ1) is 14.5. The fourth-order valence-electron chi connectivity index (χ4n) is 3.76. The predicted octanol–water partition coefficient (Wildman–Crippen LogP) is 3.61. The number of amides is 1. The number of hydrogen-bond donors (Lipinski definition) is 1. The van der Waals surface area contributed by atoms with Crippen LogP contribution in [0.4, 0.5) is 0 Å². The van der Waals surface area contributed by atoms with Crippen molar-refractivity contribution in [2.75, 3.05) is 13.1 Å². The van der Waals surface area contributed by atoms with E-state index >= 15 is 0 Å². The largest absolute Gasteiger partial charge is 0.352 e. The van der Waals surface area contributed by atoms with E-state index in [0.717, 1.165) is 5.56 Å². The summed E-state index contributed by atoms with van der Waals surface area (Å²) >= 11 is 6.18. The molecule has 8 heteroatoms. The number of sulfonamides is 1. The summed E-state index contributed by atoms with van der Waals surface area (Å²) in [5.74, 6) is -0.221. The first kappa shape index (κ1) is 20.8. The highest BCUT2D eigenvalue weighted by Crippen LogP contribution is 2.31. The number of aromatic nitrogens is 1. The zero-order chi connectivity index (χ0) is 21.1. The first-order valence-corrected chi connectivity index (χ1v) is 11.6. The number of pyridine rings is 1. The number of carbonyl (C=O) groups excluding carboxylic acids is 1. The fourth-order valence-corrected chi connectivity index (χ4v) is 5.63. The average Bonchev–Trinajstić information content (AvgIpc) is 2.78. The topological polar surface area (TPSA) is 79.4 Å². The maximum atomic E-state index is 13.3. The Labute approximate surface area is 180 Å². The Hall–Kier alpha value is -2.48. The number of nitrogens with zero attached hydrogens (tertiary/aromatic N) is 2. The van der Waals surface area contributed by atoms with Crippen molar-refractivity contribution in [3.05, 3.63) is 71.4 Å². The number of nitrogens with one attached hydrogen (secondary N) is 1. The Kier molecular flexibility index (Phi) is 6.04. The Balaban J connectivity index is 1.44. The maximum Gasteiger partial charge on any atom is 0.243 e. The van der Waals surface area contributed by atoms with E-state index in [1.54, 1.807) is 24.4 Å². The lowest BCUT2D eigenvalue weighted by Gasteiger charge is -2.30. The van der Waals surface area contributed by atoms with E-state index < -0.39 is 10.0 Å². The van der Waals surface area contributed by atoms with Crippen molar-refractivity contribution in [2.45, 2.75) is 24.3 Å². The van der Waals surface area contributed by atoms with E-state index in [-0.39, 0.29) is 16.7 Å². The van der Waals surface area contributed by atoms with Gasteiger partial charge in [-0.25, -0.2) is 8.42 Å². The zero-order valence-corrected chi connectivity index (χ0v) is 17.9. The van der Waals surface area contributed by atoms with E-state index in [1.807, 2.05) is 30.3 Å². The SMILES string of the molecule is O=C(NCc1ccccc1)C1CCN(S(=O)(=O)c2ccc(Cl)c3ncccc23)CC1. The summed E-state index contributed by atoms with van der Waals surface area (Å²) in [6, 6.07) is 16.2. The number of piperidine rings is 1. The van der Waals surface area contributed by atoms with Gasteiger partial charge in [0, 0.05) is 37.1 Å². The van der Waals surface area contributed by atoms with Crippen LogP contribution in [0, 0.1) is 5.92 Å². The summed E-state index contributed by atoms with van der Waals surface area (Å²) in [6.45, 7) is 1.08. The van der Waals surface area contributed by atoms with E-state index in [2.05, 4.69) is 10.3 Å². The van der Waals surface area contributed by atoms with Gasteiger partial charge >= 0.3 is 0 Å². The van der Waals surface area contributed by atoms with Gasteiger partial charge in [-0.2, -0.15) is 4.31 Å². The second kappa shape index (κ2) is 8.71. The molecule has 3 aromatic rings. The van der Waals surface area contributed by atoms with Crippen molar-refractivity contribution in [2.24, 2.45) is 5.92 Å². The molecule has 1 aromatic heterocycles. The van der Waals surface area contributed by atoms with Gasteiger partial charge in [-0.1, -0.05) is 41.9 Å². The number of benzene rings is 2. The zero-order valence-electron chi connectivity index (χ0n) is 16.3. The highest BCUT2D eigenvalue weighted by atomic mass is 35.5. The molecule has 1 fully saturated rings. The predicted molar refractivity (Wildman–Crippen MR) is 117 cm³/mol. The molecular weight excluding hydrogens is 422 g/mol. The Morgan fingerprint density at radius 1 is 1.07 bits per heavy atom. The summed E-state index contributed by atoms with van der Waals surface area (Å²) in [5.41, 5.74) is 1.50. The third kappa shape index (κ3) is 4.19. The monoisotopic (exact) mass is 443 g/mol. The minimum absolute atomic E-state index is 0.0305. The van der Waals surface area contributed by atoms with Crippen molar-refractivity contribution in [1.29, 1.82) is 0 Å². The Morgan fingerprint density at radius 2 is 1.80 bits per heavy atom. The maximum absolute atomic E-state index is 13.3. The molecule has 1 amide bonds. The Morgan fingerprint density at radius 3 is 2.53 bits per heavy atom. The van der Waals surface area contributed by atoms with Gasteiger partial charge in [0.2, 0.25) is 15.9 Å². The molecule has 156 valence electrons. The summed E-state index contributed by atoms with van der Waals surface area (Å²) < 4.78 is 28.0. The van der Waals surface area contributed by atoms with Gasteiger partial charge in [0.05, 0.1) is 15.4 Å². The van der Waals surface area contributed by atoms with E-state index in [0.29, 0.717) is 48.4 Å². The number of carbonyl (C=O) groups is 1. The van der Waals surface area contributed by atoms with Gasteiger partial charge in [0.1, 0.15) is 0 Å². The molecule has 0 spiro atoms. The molecule has 0 unspecified atom stereocenters. The van der Waals surface area contributed by atoms with Crippen LogP contribution >= 0.6 is 11.6 Å². The fraction of sp³-hybridized carbons (Fsp3) is 0.273. The molecule has 30 heavy (non-hydrogen) atoms. The molecule has 0 aliphatic carbocycles. The standard InChI is InChI=1S/C22H22ClN3O3S/c23-19-8-9-20(18-7-4-12-24-21(18)19)30(28,29)26-13-10-17(11-14-26)22(27)25-15-16-5-2-1-3-6-16/h1-9,12,17H,10-11,13-15H2,(H,25,27). The smallest absolute Gasteiger partial charge is 0.243 e.